The summed E-state index contributed by atoms with van der Waals surface area (Å²) in [5, 5.41) is 17.5. The Morgan fingerprint density at radius 1 is 0.943 bits per heavy atom. The molecule has 0 spiro atoms. The van der Waals surface area contributed by atoms with Gasteiger partial charge in [0.25, 0.3) is 0 Å². The van der Waals surface area contributed by atoms with Gasteiger partial charge in [0.1, 0.15) is 28.3 Å². The molecular formula is C24H29N5O5S. The molecule has 186 valence electrons. The van der Waals surface area contributed by atoms with Crippen LogP contribution in [0.25, 0.3) is 10.6 Å². The fraction of sp³-hybridized carbons (Fsp3) is 0.333. The topological polar surface area (TPSA) is 124 Å². The van der Waals surface area contributed by atoms with E-state index in [0.717, 1.165) is 5.56 Å². The Labute approximate surface area is 208 Å². The lowest BCUT2D eigenvalue weighted by molar-refractivity contribution is -0.119. The molecule has 11 heteroatoms. The molecule has 35 heavy (non-hydrogen) atoms. The Bertz CT molecular complexity index is 1150. The van der Waals surface area contributed by atoms with E-state index >= 15 is 0 Å². The van der Waals surface area contributed by atoms with Crippen LogP contribution in [0.5, 0.6) is 17.2 Å². The van der Waals surface area contributed by atoms with Crippen molar-refractivity contribution >= 4 is 34.1 Å². The first kappa shape index (κ1) is 25.8. The zero-order valence-electron chi connectivity index (χ0n) is 20.2. The Morgan fingerprint density at radius 2 is 1.63 bits per heavy atom. The molecule has 0 saturated heterocycles. The SMILES string of the molecule is CCC(C)C(NC(=O)Nc1cc(OC)cc(OC)c1)C(=O)Nc1nnc(-c2cccc(OC)c2)s1. The molecule has 3 N–H and O–H groups in total. The molecule has 0 fully saturated rings. The van der Waals surface area contributed by atoms with E-state index in [0.29, 0.717) is 39.5 Å². The number of anilines is 2. The fourth-order valence-electron chi connectivity index (χ4n) is 3.22. The van der Waals surface area contributed by atoms with Gasteiger partial charge in [-0.1, -0.05) is 43.7 Å². The number of benzene rings is 2. The van der Waals surface area contributed by atoms with E-state index in [2.05, 4.69) is 26.1 Å². The van der Waals surface area contributed by atoms with Crippen molar-refractivity contribution in [2.75, 3.05) is 32.0 Å². The Balaban J connectivity index is 1.70. The summed E-state index contributed by atoms with van der Waals surface area (Å²) >= 11 is 1.23. The zero-order valence-corrected chi connectivity index (χ0v) is 21.1. The van der Waals surface area contributed by atoms with Crippen LogP contribution < -0.4 is 30.2 Å². The van der Waals surface area contributed by atoms with Gasteiger partial charge in [-0.2, -0.15) is 0 Å². The van der Waals surface area contributed by atoms with Gasteiger partial charge >= 0.3 is 6.03 Å². The van der Waals surface area contributed by atoms with Crippen molar-refractivity contribution in [1.29, 1.82) is 0 Å². The highest BCUT2D eigenvalue weighted by Crippen LogP contribution is 2.29. The van der Waals surface area contributed by atoms with Gasteiger partial charge in [-0.3, -0.25) is 10.1 Å². The Hall–Kier alpha value is -3.86. The summed E-state index contributed by atoms with van der Waals surface area (Å²) in [6.45, 7) is 3.84. The minimum atomic E-state index is -0.795. The molecule has 10 nitrogen and oxygen atoms in total. The third-order valence-corrected chi connectivity index (χ3v) is 6.25. The Morgan fingerprint density at radius 3 is 2.26 bits per heavy atom. The van der Waals surface area contributed by atoms with Crippen LogP contribution in [-0.2, 0) is 4.79 Å². The van der Waals surface area contributed by atoms with E-state index in [1.807, 2.05) is 38.1 Å². The van der Waals surface area contributed by atoms with Crippen LogP contribution in [0.2, 0.25) is 0 Å². The van der Waals surface area contributed by atoms with Crippen LogP contribution in [0.3, 0.4) is 0 Å². The number of nitrogens with one attached hydrogen (secondary N) is 3. The minimum Gasteiger partial charge on any atom is -0.497 e. The second-order valence-electron chi connectivity index (χ2n) is 7.70. The van der Waals surface area contributed by atoms with Crippen LogP contribution >= 0.6 is 11.3 Å². The summed E-state index contributed by atoms with van der Waals surface area (Å²) in [6.07, 6.45) is 0.677. The van der Waals surface area contributed by atoms with Gasteiger partial charge in [0, 0.05) is 29.4 Å². The number of aromatic nitrogens is 2. The maximum absolute atomic E-state index is 13.1. The average molecular weight is 500 g/mol. The van der Waals surface area contributed by atoms with E-state index in [9.17, 15) is 9.59 Å². The third kappa shape index (κ3) is 6.82. The predicted octanol–water partition coefficient (Wildman–Crippen LogP) is 4.41. The maximum Gasteiger partial charge on any atom is 0.319 e. The van der Waals surface area contributed by atoms with E-state index in [1.54, 1.807) is 25.3 Å². The summed E-state index contributed by atoms with van der Waals surface area (Å²) in [5.41, 5.74) is 1.29. The third-order valence-electron chi connectivity index (χ3n) is 5.36. The number of nitrogens with zero attached hydrogens (tertiary/aromatic N) is 2. The smallest absolute Gasteiger partial charge is 0.319 e. The number of carbonyl (C=O) groups is 2. The molecular weight excluding hydrogens is 470 g/mol. The summed E-state index contributed by atoms with van der Waals surface area (Å²) in [5.74, 6) is 1.24. The first-order valence-corrected chi connectivity index (χ1v) is 11.8. The summed E-state index contributed by atoms with van der Waals surface area (Å²) in [7, 11) is 4.64. The van der Waals surface area contributed by atoms with Crippen molar-refractivity contribution in [3.63, 3.8) is 0 Å². The second kappa shape index (κ2) is 12.0. The molecule has 3 aromatic rings. The number of hydrogen-bond donors (Lipinski definition) is 3. The van der Waals surface area contributed by atoms with E-state index in [1.165, 1.54) is 25.6 Å². The van der Waals surface area contributed by atoms with Crippen LogP contribution in [0, 0.1) is 5.92 Å². The molecule has 1 aromatic heterocycles. The van der Waals surface area contributed by atoms with E-state index in [-0.39, 0.29) is 11.8 Å². The number of hydrogen-bond acceptors (Lipinski definition) is 8. The number of ether oxygens (including phenoxy) is 3. The fourth-order valence-corrected chi connectivity index (χ4v) is 3.96. The first-order chi connectivity index (χ1) is 16.9. The normalized spacial score (nSPS) is 12.3. The largest absolute Gasteiger partial charge is 0.497 e. The monoisotopic (exact) mass is 499 g/mol. The molecule has 0 aliphatic carbocycles. The highest BCUT2D eigenvalue weighted by molar-refractivity contribution is 7.18. The summed E-state index contributed by atoms with van der Waals surface area (Å²) in [4.78, 5) is 25.8. The lowest BCUT2D eigenvalue weighted by atomic mass is 9.98. The van der Waals surface area contributed by atoms with Crippen molar-refractivity contribution in [2.45, 2.75) is 26.3 Å². The lowest BCUT2D eigenvalue weighted by Crippen LogP contribution is -2.49. The van der Waals surface area contributed by atoms with E-state index in [4.69, 9.17) is 14.2 Å². The summed E-state index contributed by atoms with van der Waals surface area (Å²) < 4.78 is 15.7. The number of rotatable bonds is 10. The highest BCUT2D eigenvalue weighted by atomic mass is 32.1. The number of amides is 3. The van der Waals surface area contributed by atoms with Crippen LogP contribution in [0.15, 0.2) is 42.5 Å². The molecule has 0 aliphatic heterocycles. The van der Waals surface area contributed by atoms with Gasteiger partial charge in [0.2, 0.25) is 11.0 Å². The van der Waals surface area contributed by atoms with Crippen molar-refractivity contribution < 1.29 is 23.8 Å². The standard InChI is InChI=1S/C24H29N5O5S/c1-6-14(2)20(26-23(31)25-16-11-18(33-4)13-19(12-16)34-5)21(30)27-24-29-28-22(35-24)15-8-7-9-17(10-15)32-3/h7-14,20H,6H2,1-5H3,(H2,25,26,31)(H,27,29,30). The average Bonchev–Trinajstić information content (AvgIpc) is 3.34. The highest BCUT2D eigenvalue weighted by Gasteiger charge is 2.27. The quantitative estimate of drug-likeness (QED) is 0.378. The van der Waals surface area contributed by atoms with Crippen molar-refractivity contribution in [1.82, 2.24) is 15.5 Å². The number of methoxy groups -OCH3 is 3. The molecule has 3 rings (SSSR count). The predicted molar refractivity (Wildman–Crippen MR) is 135 cm³/mol. The second-order valence-corrected chi connectivity index (χ2v) is 8.67. The van der Waals surface area contributed by atoms with Crippen LogP contribution in [0.4, 0.5) is 15.6 Å². The maximum atomic E-state index is 13.1. The van der Waals surface area contributed by atoms with Crippen molar-refractivity contribution in [3.8, 4) is 27.8 Å². The molecule has 0 aliphatic rings. The molecule has 3 amide bonds. The molecule has 2 atom stereocenters. The van der Waals surface area contributed by atoms with Crippen molar-refractivity contribution in [3.05, 3.63) is 42.5 Å². The molecule has 2 unspecified atom stereocenters. The van der Waals surface area contributed by atoms with Gasteiger partial charge in [-0.15, -0.1) is 10.2 Å². The lowest BCUT2D eigenvalue weighted by Gasteiger charge is -2.23. The molecule has 0 radical (unpaired) electrons. The number of carbonyl (C=O) groups excluding carboxylic acids is 2. The van der Waals surface area contributed by atoms with E-state index < -0.39 is 12.1 Å². The van der Waals surface area contributed by atoms with Gasteiger partial charge < -0.3 is 24.8 Å². The van der Waals surface area contributed by atoms with Crippen LogP contribution in [-0.4, -0.2) is 49.5 Å². The first-order valence-electron chi connectivity index (χ1n) is 11.0. The van der Waals surface area contributed by atoms with Gasteiger partial charge in [-0.05, 0) is 18.1 Å². The zero-order chi connectivity index (χ0) is 25.4. The van der Waals surface area contributed by atoms with Gasteiger partial charge in [0.05, 0.1) is 21.3 Å². The van der Waals surface area contributed by atoms with Crippen LogP contribution in [0.1, 0.15) is 20.3 Å². The van der Waals surface area contributed by atoms with Gasteiger partial charge in [-0.25, -0.2) is 4.79 Å². The van der Waals surface area contributed by atoms with Crippen molar-refractivity contribution in [2.24, 2.45) is 5.92 Å². The molecule has 2 aromatic carbocycles. The van der Waals surface area contributed by atoms with Gasteiger partial charge in [0.15, 0.2) is 0 Å². The number of urea groups is 1. The molecule has 0 saturated carbocycles. The minimum absolute atomic E-state index is 0.133. The molecule has 1 heterocycles. The Kier molecular flexibility index (Phi) is 8.85. The molecule has 0 bridgehead atoms. The summed E-state index contributed by atoms with van der Waals surface area (Å²) in [6, 6.07) is 11.1.